The molecule has 0 radical (unpaired) electrons. The summed E-state index contributed by atoms with van der Waals surface area (Å²) < 4.78 is 9.39. The van der Waals surface area contributed by atoms with E-state index in [4.69, 9.17) is 4.74 Å². The van der Waals surface area contributed by atoms with Crippen molar-refractivity contribution in [2.75, 3.05) is 6.61 Å². The quantitative estimate of drug-likeness (QED) is 0.619. The predicted octanol–water partition coefficient (Wildman–Crippen LogP) is 2.75. The van der Waals surface area contributed by atoms with Crippen LogP contribution in [0.5, 0.6) is 5.75 Å². The van der Waals surface area contributed by atoms with Gasteiger partial charge in [-0.1, -0.05) is 13.0 Å². The Morgan fingerprint density at radius 2 is 2.08 bits per heavy atom. The molecule has 25 heavy (non-hydrogen) atoms. The molecule has 3 rings (SSSR count). The number of hydrogen-bond donors (Lipinski definition) is 0. The molecule has 0 saturated carbocycles. The molecule has 0 atom stereocenters. The molecule has 0 amide bonds. The van der Waals surface area contributed by atoms with Crippen molar-refractivity contribution in [1.82, 2.24) is 24.8 Å². The fraction of sp³-hybridized carbons (Fsp3) is 0.333. The second kappa shape index (κ2) is 7.29. The van der Waals surface area contributed by atoms with E-state index in [0.717, 1.165) is 35.6 Å². The normalized spacial score (nSPS) is 10.8. The minimum atomic E-state index is -0.0247. The monoisotopic (exact) mass is 339 g/mol. The molecule has 0 saturated heterocycles. The lowest BCUT2D eigenvalue weighted by Gasteiger charge is -2.09. The molecule has 0 aliphatic carbocycles. The average Bonchev–Trinajstić information content (AvgIpc) is 3.24. The van der Waals surface area contributed by atoms with Crippen LogP contribution in [0.15, 0.2) is 36.7 Å². The maximum atomic E-state index is 12.5. The number of carbonyl (C=O) groups is 1. The molecule has 0 unspecified atom stereocenters. The predicted molar refractivity (Wildman–Crippen MR) is 93.2 cm³/mol. The zero-order valence-corrected chi connectivity index (χ0v) is 14.6. The third kappa shape index (κ3) is 3.60. The Balaban J connectivity index is 1.71. The van der Waals surface area contributed by atoms with E-state index in [2.05, 4.69) is 27.0 Å². The first-order chi connectivity index (χ1) is 12.1. The van der Waals surface area contributed by atoms with E-state index in [1.807, 2.05) is 38.1 Å². The summed E-state index contributed by atoms with van der Waals surface area (Å²) in [5.74, 6) is 0.576. The Bertz CT molecular complexity index is 868. The molecule has 3 aromatic rings. The van der Waals surface area contributed by atoms with Gasteiger partial charge in [-0.05, 0) is 48.9 Å². The van der Waals surface area contributed by atoms with Crippen molar-refractivity contribution >= 4 is 5.78 Å². The lowest BCUT2D eigenvalue weighted by molar-refractivity contribution is 0.0920. The van der Waals surface area contributed by atoms with Gasteiger partial charge in [-0.3, -0.25) is 4.79 Å². The third-order valence-corrected chi connectivity index (χ3v) is 4.12. The minimum absolute atomic E-state index is 0.00449. The van der Waals surface area contributed by atoms with Gasteiger partial charge in [-0.15, -0.1) is 5.10 Å². The van der Waals surface area contributed by atoms with Gasteiger partial charge in [-0.2, -0.15) is 0 Å². The molecule has 0 aliphatic rings. The summed E-state index contributed by atoms with van der Waals surface area (Å²) in [5, 5.41) is 11.1. The number of tetrazole rings is 1. The average molecular weight is 339 g/mol. The van der Waals surface area contributed by atoms with Crippen LogP contribution < -0.4 is 4.74 Å². The molecule has 0 bridgehead atoms. The lowest BCUT2D eigenvalue weighted by Crippen LogP contribution is -2.13. The number of aryl methyl sites for hydroxylation is 1. The highest BCUT2D eigenvalue weighted by atomic mass is 16.5. The number of benzene rings is 1. The molecule has 0 aliphatic heterocycles. The van der Waals surface area contributed by atoms with Crippen molar-refractivity contribution in [3.05, 3.63) is 53.6 Å². The molecule has 0 spiro atoms. The van der Waals surface area contributed by atoms with Crippen LogP contribution in [-0.2, 0) is 6.54 Å². The van der Waals surface area contributed by atoms with Crippen LogP contribution in [0.25, 0.3) is 5.69 Å². The Kier molecular flexibility index (Phi) is 4.92. The van der Waals surface area contributed by atoms with E-state index in [9.17, 15) is 4.79 Å². The third-order valence-electron chi connectivity index (χ3n) is 4.12. The Hall–Kier alpha value is -2.96. The summed E-state index contributed by atoms with van der Waals surface area (Å²) in [6.07, 6.45) is 2.54. The zero-order chi connectivity index (χ0) is 17.8. The van der Waals surface area contributed by atoms with Crippen LogP contribution in [0, 0.1) is 13.8 Å². The fourth-order valence-corrected chi connectivity index (χ4v) is 2.87. The number of ketones is 1. The van der Waals surface area contributed by atoms with Crippen LogP contribution >= 0.6 is 0 Å². The fourth-order valence-electron chi connectivity index (χ4n) is 2.87. The first-order valence-electron chi connectivity index (χ1n) is 8.26. The van der Waals surface area contributed by atoms with Gasteiger partial charge in [0, 0.05) is 29.6 Å². The number of ether oxygens (including phenoxy) is 1. The molecule has 2 heterocycles. The molecule has 130 valence electrons. The highest BCUT2D eigenvalue weighted by Crippen LogP contribution is 2.19. The summed E-state index contributed by atoms with van der Waals surface area (Å²) in [7, 11) is 0. The summed E-state index contributed by atoms with van der Waals surface area (Å²) in [4.78, 5) is 12.5. The van der Waals surface area contributed by atoms with Crippen molar-refractivity contribution in [3.8, 4) is 11.4 Å². The SMILES string of the molecule is CCCn1c(C)cc(C(=O)COc2cccc(-n3cnnn3)c2)c1C. The number of rotatable bonds is 7. The van der Waals surface area contributed by atoms with Gasteiger partial charge in [0.2, 0.25) is 5.78 Å². The Morgan fingerprint density at radius 1 is 1.24 bits per heavy atom. The van der Waals surface area contributed by atoms with Crippen molar-refractivity contribution in [2.45, 2.75) is 33.7 Å². The number of aromatic nitrogens is 5. The van der Waals surface area contributed by atoms with E-state index in [-0.39, 0.29) is 12.4 Å². The van der Waals surface area contributed by atoms with Gasteiger partial charge in [0.15, 0.2) is 6.61 Å². The van der Waals surface area contributed by atoms with E-state index >= 15 is 0 Å². The topological polar surface area (TPSA) is 74.8 Å². The summed E-state index contributed by atoms with van der Waals surface area (Å²) >= 11 is 0. The molecule has 0 N–H and O–H groups in total. The van der Waals surface area contributed by atoms with Crippen LogP contribution in [0.3, 0.4) is 0 Å². The second-order valence-electron chi connectivity index (χ2n) is 5.90. The smallest absolute Gasteiger partial charge is 0.202 e. The van der Waals surface area contributed by atoms with Crippen molar-refractivity contribution < 1.29 is 9.53 Å². The Morgan fingerprint density at radius 3 is 2.80 bits per heavy atom. The second-order valence-corrected chi connectivity index (χ2v) is 5.90. The van der Waals surface area contributed by atoms with E-state index in [1.54, 1.807) is 6.07 Å². The van der Waals surface area contributed by atoms with Crippen molar-refractivity contribution in [2.24, 2.45) is 0 Å². The summed E-state index contributed by atoms with van der Waals surface area (Å²) in [5.41, 5.74) is 3.59. The van der Waals surface area contributed by atoms with Crippen LogP contribution in [0.1, 0.15) is 35.1 Å². The van der Waals surface area contributed by atoms with Gasteiger partial charge in [-0.25, -0.2) is 4.68 Å². The van der Waals surface area contributed by atoms with Gasteiger partial charge >= 0.3 is 0 Å². The van der Waals surface area contributed by atoms with Crippen LogP contribution in [-0.4, -0.2) is 37.2 Å². The van der Waals surface area contributed by atoms with Crippen LogP contribution in [0.4, 0.5) is 0 Å². The maximum Gasteiger partial charge on any atom is 0.202 e. The largest absolute Gasteiger partial charge is 0.485 e. The standard InChI is InChI=1S/C18H21N5O2/c1-4-8-22-13(2)9-17(14(22)3)18(24)11-25-16-7-5-6-15(10-16)23-12-19-20-21-23/h5-7,9-10,12H,4,8,11H2,1-3H3. The number of nitrogens with zero attached hydrogens (tertiary/aromatic N) is 5. The molecular weight excluding hydrogens is 318 g/mol. The highest BCUT2D eigenvalue weighted by Gasteiger charge is 2.16. The summed E-state index contributed by atoms with van der Waals surface area (Å²) in [6, 6.07) is 9.24. The first-order valence-corrected chi connectivity index (χ1v) is 8.26. The molecule has 0 fully saturated rings. The van der Waals surface area contributed by atoms with Crippen LogP contribution in [0.2, 0.25) is 0 Å². The maximum absolute atomic E-state index is 12.5. The zero-order valence-electron chi connectivity index (χ0n) is 14.6. The van der Waals surface area contributed by atoms with E-state index < -0.39 is 0 Å². The molecule has 7 nitrogen and oxygen atoms in total. The van der Waals surface area contributed by atoms with E-state index in [1.165, 1.54) is 11.0 Å². The Labute approximate surface area is 146 Å². The van der Waals surface area contributed by atoms with E-state index in [0.29, 0.717) is 5.75 Å². The minimum Gasteiger partial charge on any atom is -0.485 e. The molecule has 1 aromatic carbocycles. The lowest BCUT2D eigenvalue weighted by atomic mass is 10.1. The van der Waals surface area contributed by atoms with Gasteiger partial charge < -0.3 is 9.30 Å². The molecule has 2 aromatic heterocycles. The van der Waals surface area contributed by atoms with Gasteiger partial charge in [0.05, 0.1) is 5.69 Å². The summed E-state index contributed by atoms with van der Waals surface area (Å²) in [6.45, 7) is 7.04. The van der Waals surface area contributed by atoms with Crippen molar-refractivity contribution in [3.63, 3.8) is 0 Å². The number of Topliss-reactive ketones (excluding diaryl/α,β-unsaturated/α-hetero) is 1. The van der Waals surface area contributed by atoms with Gasteiger partial charge in [0.1, 0.15) is 12.1 Å². The van der Waals surface area contributed by atoms with Gasteiger partial charge in [0.25, 0.3) is 0 Å². The molecule has 7 heteroatoms. The highest BCUT2D eigenvalue weighted by molar-refractivity contribution is 5.98. The number of carbonyl (C=O) groups excluding carboxylic acids is 1. The first kappa shape index (κ1) is 16.9. The molecular formula is C18H21N5O2. The van der Waals surface area contributed by atoms with Crippen molar-refractivity contribution in [1.29, 1.82) is 0 Å². The number of hydrogen-bond acceptors (Lipinski definition) is 5.